The predicted molar refractivity (Wildman–Crippen MR) is 66.6 cm³/mol. The molecule has 0 aromatic heterocycles. The van der Waals surface area contributed by atoms with E-state index in [0.29, 0.717) is 0 Å². The van der Waals surface area contributed by atoms with E-state index < -0.39 is 0 Å². The number of unbranched alkanes of at least 4 members (excludes halogenated alkanes) is 4. The van der Waals surface area contributed by atoms with Crippen molar-refractivity contribution in [2.75, 3.05) is 19.6 Å². The van der Waals surface area contributed by atoms with Crippen LogP contribution in [0.5, 0.6) is 0 Å². The van der Waals surface area contributed by atoms with Crippen LogP contribution in [0, 0.1) is 0 Å². The number of hydrogen-bond acceptors (Lipinski definition) is 2. The fourth-order valence-corrected chi connectivity index (χ4v) is 1.12. The van der Waals surface area contributed by atoms with E-state index in [4.69, 9.17) is 5.73 Å². The quantitative estimate of drug-likeness (QED) is 0.594. The molecule has 0 atom stereocenters. The Balaban J connectivity index is 0. The topological polar surface area (TPSA) is 38.0 Å². The lowest BCUT2D eigenvalue weighted by molar-refractivity contribution is 0.583. The van der Waals surface area contributed by atoms with Crippen LogP contribution in [0.4, 0.5) is 0 Å². The van der Waals surface area contributed by atoms with Gasteiger partial charge in [-0.15, -0.1) is 0 Å². The van der Waals surface area contributed by atoms with Gasteiger partial charge in [0.15, 0.2) is 0 Å². The Bertz CT molecular complexity index is 66.7. The SMILES string of the molecule is CCCCCNCCCCC.CCN. The van der Waals surface area contributed by atoms with Crippen molar-refractivity contribution in [2.24, 2.45) is 5.73 Å². The van der Waals surface area contributed by atoms with Crippen molar-refractivity contribution in [2.45, 2.75) is 59.3 Å². The number of hydrogen-bond donors (Lipinski definition) is 2. The van der Waals surface area contributed by atoms with Gasteiger partial charge in [-0.25, -0.2) is 0 Å². The van der Waals surface area contributed by atoms with E-state index in [-0.39, 0.29) is 0 Å². The first kappa shape index (κ1) is 16.4. The highest BCUT2D eigenvalue weighted by Crippen LogP contribution is 1.93. The molecule has 0 spiro atoms. The summed E-state index contributed by atoms with van der Waals surface area (Å²) >= 11 is 0. The molecule has 0 rings (SSSR count). The van der Waals surface area contributed by atoms with Gasteiger partial charge in [-0.05, 0) is 32.5 Å². The molecule has 0 aromatic rings. The standard InChI is InChI=1S/C10H23N.C2H7N/c1-3-5-7-9-11-10-8-6-4-2;1-2-3/h11H,3-10H2,1-2H3;2-3H2,1H3. The maximum atomic E-state index is 4.85. The summed E-state index contributed by atoms with van der Waals surface area (Å²) in [6.45, 7) is 9.59. The molecule has 14 heavy (non-hydrogen) atoms. The Morgan fingerprint density at radius 2 is 1.14 bits per heavy atom. The van der Waals surface area contributed by atoms with Crippen molar-refractivity contribution < 1.29 is 0 Å². The molecule has 0 saturated carbocycles. The van der Waals surface area contributed by atoms with Gasteiger partial charge in [0.2, 0.25) is 0 Å². The maximum Gasteiger partial charge on any atom is -0.00489 e. The Labute approximate surface area is 90.6 Å². The molecule has 0 fully saturated rings. The highest BCUT2D eigenvalue weighted by atomic mass is 14.8. The van der Waals surface area contributed by atoms with Crippen LogP contribution >= 0.6 is 0 Å². The van der Waals surface area contributed by atoms with E-state index in [0.717, 1.165) is 6.54 Å². The highest BCUT2D eigenvalue weighted by molar-refractivity contribution is 4.48. The van der Waals surface area contributed by atoms with Crippen LogP contribution in [-0.2, 0) is 0 Å². The second-order valence-electron chi connectivity index (χ2n) is 3.57. The molecule has 0 amide bonds. The first-order valence-corrected chi connectivity index (χ1v) is 6.24. The van der Waals surface area contributed by atoms with Crippen LogP contribution < -0.4 is 11.1 Å². The minimum absolute atomic E-state index is 0.750. The van der Waals surface area contributed by atoms with Gasteiger partial charge in [-0.1, -0.05) is 46.5 Å². The van der Waals surface area contributed by atoms with Crippen LogP contribution in [0.15, 0.2) is 0 Å². The summed E-state index contributed by atoms with van der Waals surface area (Å²) in [5, 5.41) is 3.46. The summed E-state index contributed by atoms with van der Waals surface area (Å²) in [7, 11) is 0. The molecular formula is C12H30N2. The maximum absolute atomic E-state index is 4.85. The molecule has 3 N–H and O–H groups in total. The predicted octanol–water partition coefficient (Wildman–Crippen LogP) is 2.92. The van der Waals surface area contributed by atoms with E-state index in [9.17, 15) is 0 Å². The average Bonchev–Trinajstić information content (AvgIpc) is 2.18. The van der Waals surface area contributed by atoms with Crippen molar-refractivity contribution in [3.63, 3.8) is 0 Å². The Kier molecular flexibility index (Phi) is 21.8. The van der Waals surface area contributed by atoms with Crippen LogP contribution in [0.25, 0.3) is 0 Å². The molecule has 2 heteroatoms. The molecule has 0 aliphatic rings. The minimum atomic E-state index is 0.750. The fraction of sp³-hybridized carbons (Fsp3) is 1.00. The molecular weight excluding hydrogens is 172 g/mol. The Morgan fingerprint density at radius 1 is 0.786 bits per heavy atom. The molecule has 0 saturated heterocycles. The summed E-state index contributed by atoms with van der Waals surface area (Å²) in [5.74, 6) is 0. The third-order valence-electron chi connectivity index (χ3n) is 1.91. The van der Waals surface area contributed by atoms with Gasteiger partial charge in [0, 0.05) is 0 Å². The fourth-order valence-electron chi connectivity index (χ4n) is 1.12. The molecule has 0 heterocycles. The van der Waals surface area contributed by atoms with E-state index in [1.807, 2.05) is 6.92 Å². The zero-order valence-electron chi connectivity index (χ0n) is 10.4. The summed E-state index contributed by atoms with van der Waals surface area (Å²) in [6.07, 6.45) is 8.11. The van der Waals surface area contributed by atoms with E-state index >= 15 is 0 Å². The van der Waals surface area contributed by atoms with E-state index in [1.54, 1.807) is 0 Å². The smallest absolute Gasteiger partial charge is 0.00489 e. The average molecular weight is 202 g/mol. The lowest BCUT2D eigenvalue weighted by atomic mass is 10.2. The van der Waals surface area contributed by atoms with Crippen molar-refractivity contribution in [1.29, 1.82) is 0 Å². The molecule has 0 radical (unpaired) electrons. The monoisotopic (exact) mass is 202 g/mol. The Hall–Kier alpha value is -0.0800. The van der Waals surface area contributed by atoms with Crippen molar-refractivity contribution in [3.8, 4) is 0 Å². The Morgan fingerprint density at radius 3 is 1.43 bits per heavy atom. The van der Waals surface area contributed by atoms with Gasteiger partial charge in [0.05, 0.1) is 0 Å². The van der Waals surface area contributed by atoms with Crippen LogP contribution in [-0.4, -0.2) is 19.6 Å². The second kappa shape index (κ2) is 18.7. The minimum Gasteiger partial charge on any atom is -0.331 e. The second-order valence-corrected chi connectivity index (χ2v) is 3.57. The van der Waals surface area contributed by atoms with Gasteiger partial charge < -0.3 is 11.1 Å². The van der Waals surface area contributed by atoms with Crippen LogP contribution in [0.1, 0.15) is 59.3 Å². The summed E-state index contributed by atoms with van der Waals surface area (Å²) < 4.78 is 0. The molecule has 0 aliphatic carbocycles. The van der Waals surface area contributed by atoms with Gasteiger partial charge in [-0.2, -0.15) is 0 Å². The van der Waals surface area contributed by atoms with E-state index in [1.165, 1.54) is 51.6 Å². The van der Waals surface area contributed by atoms with Gasteiger partial charge in [0.25, 0.3) is 0 Å². The number of nitrogens with two attached hydrogens (primary N) is 1. The highest BCUT2D eigenvalue weighted by Gasteiger charge is 1.86. The van der Waals surface area contributed by atoms with Crippen molar-refractivity contribution >= 4 is 0 Å². The van der Waals surface area contributed by atoms with Crippen LogP contribution in [0.3, 0.4) is 0 Å². The first-order valence-electron chi connectivity index (χ1n) is 6.24. The molecule has 0 bridgehead atoms. The lowest BCUT2D eigenvalue weighted by Crippen LogP contribution is -2.16. The molecule has 0 unspecified atom stereocenters. The van der Waals surface area contributed by atoms with E-state index in [2.05, 4.69) is 19.2 Å². The molecule has 0 aromatic carbocycles. The third kappa shape index (κ3) is 22.7. The van der Waals surface area contributed by atoms with Crippen LogP contribution in [0.2, 0.25) is 0 Å². The lowest BCUT2D eigenvalue weighted by Gasteiger charge is -2.02. The zero-order chi connectivity index (χ0) is 11.1. The van der Waals surface area contributed by atoms with Gasteiger partial charge in [-0.3, -0.25) is 0 Å². The summed E-state index contributed by atoms with van der Waals surface area (Å²) in [6, 6.07) is 0. The summed E-state index contributed by atoms with van der Waals surface area (Å²) in [4.78, 5) is 0. The third-order valence-corrected chi connectivity index (χ3v) is 1.91. The zero-order valence-corrected chi connectivity index (χ0v) is 10.4. The first-order chi connectivity index (χ1) is 6.83. The van der Waals surface area contributed by atoms with Gasteiger partial charge >= 0.3 is 0 Å². The number of nitrogens with one attached hydrogen (secondary N) is 1. The number of rotatable bonds is 8. The molecule has 2 nitrogen and oxygen atoms in total. The van der Waals surface area contributed by atoms with Crippen molar-refractivity contribution in [1.82, 2.24) is 5.32 Å². The largest absolute Gasteiger partial charge is 0.331 e. The summed E-state index contributed by atoms with van der Waals surface area (Å²) in [5.41, 5.74) is 4.85. The normalized spacial score (nSPS) is 9.43. The van der Waals surface area contributed by atoms with Crippen molar-refractivity contribution in [3.05, 3.63) is 0 Å². The molecule has 88 valence electrons. The van der Waals surface area contributed by atoms with Gasteiger partial charge in [0.1, 0.15) is 0 Å². The molecule has 0 aliphatic heterocycles.